The summed E-state index contributed by atoms with van der Waals surface area (Å²) in [7, 11) is 1.94. The van der Waals surface area contributed by atoms with Gasteiger partial charge in [-0.15, -0.1) is 5.10 Å². The van der Waals surface area contributed by atoms with Gasteiger partial charge in [0.15, 0.2) is 5.65 Å². The van der Waals surface area contributed by atoms with Crippen LogP contribution in [0.25, 0.3) is 28.0 Å². The average molecular weight is 413 g/mol. The molecule has 6 nitrogen and oxygen atoms in total. The zero-order valence-electron chi connectivity index (χ0n) is 15.4. The third kappa shape index (κ3) is 3.25. The van der Waals surface area contributed by atoms with Crippen molar-refractivity contribution in [3.8, 4) is 16.9 Å². The summed E-state index contributed by atoms with van der Waals surface area (Å²) < 4.78 is 1.66. The predicted molar refractivity (Wildman–Crippen MR) is 115 cm³/mol. The molecule has 28 heavy (non-hydrogen) atoms. The van der Waals surface area contributed by atoms with Gasteiger partial charge in [0.05, 0.1) is 16.8 Å². The van der Waals surface area contributed by atoms with Gasteiger partial charge in [0.2, 0.25) is 5.95 Å². The fourth-order valence-corrected chi connectivity index (χ4v) is 3.16. The molecule has 0 bridgehead atoms. The van der Waals surface area contributed by atoms with Crippen LogP contribution in [0.15, 0.2) is 48.5 Å². The Morgan fingerprint density at radius 1 is 0.964 bits per heavy atom. The van der Waals surface area contributed by atoms with E-state index in [2.05, 4.69) is 10.1 Å². The Hall–Kier alpha value is -2.83. The van der Waals surface area contributed by atoms with Gasteiger partial charge in [-0.25, -0.2) is 9.67 Å². The number of rotatable bonds is 4. The highest BCUT2D eigenvalue weighted by molar-refractivity contribution is 6.30. The van der Waals surface area contributed by atoms with E-state index in [1.165, 1.54) is 0 Å². The number of nitrogen functional groups attached to an aromatic ring is 1. The number of nitrogens with zero attached hydrogens (tertiary/aromatic N) is 5. The molecule has 0 aliphatic rings. The molecule has 8 heteroatoms. The maximum absolute atomic E-state index is 6.48. The second-order valence-electron chi connectivity index (χ2n) is 6.37. The molecule has 0 spiro atoms. The molecule has 0 amide bonds. The van der Waals surface area contributed by atoms with Gasteiger partial charge in [0.1, 0.15) is 5.82 Å². The predicted octanol–water partition coefficient (Wildman–Crippen LogP) is 4.83. The smallest absolute Gasteiger partial charge is 0.227 e. The molecule has 2 aromatic carbocycles. The van der Waals surface area contributed by atoms with Crippen LogP contribution in [0.5, 0.6) is 0 Å². The number of hydrogen-bond acceptors (Lipinski definition) is 5. The van der Waals surface area contributed by atoms with Crippen molar-refractivity contribution in [2.75, 3.05) is 24.2 Å². The van der Waals surface area contributed by atoms with E-state index < -0.39 is 0 Å². The largest absolute Gasteiger partial charge is 0.383 e. The second-order valence-corrected chi connectivity index (χ2v) is 7.24. The van der Waals surface area contributed by atoms with E-state index in [0.717, 1.165) is 23.5 Å². The minimum Gasteiger partial charge on any atom is -0.383 e. The quantitative estimate of drug-likeness (QED) is 0.519. The molecule has 0 saturated heterocycles. The molecule has 0 fully saturated rings. The molecule has 0 radical (unpaired) electrons. The van der Waals surface area contributed by atoms with Crippen molar-refractivity contribution >= 4 is 46.0 Å². The third-order valence-electron chi connectivity index (χ3n) is 4.56. The van der Waals surface area contributed by atoms with Crippen LogP contribution in [0.3, 0.4) is 0 Å². The Labute approximate surface area is 172 Å². The topological polar surface area (TPSA) is 72.9 Å². The molecule has 2 heterocycles. The molecule has 0 atom stereocenters. The van der Waals surface area contributed by atoms with Crippen LogP contribution in [0.1, 0.15) is 6.92 Å². The van der Waals surface area contributed by atoms with Crippen LogP contribution in [0, 0.1) is 0 Å². The summed E-state index contributed by atoms with van der Waals surface area (Å²) >= 11 is 12.1. The molecule has 4 aromatic rings. The maximum atomic E-state index is 6.48. The van der Waals surface area contributed by atoms with E-state index >= 15 is 0 Å². The highest BCUT2D eigenvalue weighted by atomic mass is 35.5. The number of halogens is 2. The van der Waals surface area contributed by atoms with Crippen molar-refractivity contribution in [2.45, 2.75) is 6.92 Å². The number of hydrogen-bond donors (Lipinski definition) is 1. The Bertz CT molecular complexity index is 1140. The summed E-state index contributed by atoms with van der Waals surface area (Å²) in [5, 5.41) is 6.64. The molecular formula is C20H18Cl2N6. The highest BCUT2D eigenvalue weighted by Gasteiger charge is 2.20. The van der Waals surface area contributed by atoms with Crippen molar-refractivity contribution < 1.29 is 0 Å². The fourth-order valence-electron chi connectivity index (χ4n) is 2.91. The summed E-state index contributed by atoms with van der Waals surface area (Å²) in [6.45, 7) is 2.80. The lowest BCUT2D eigenvalue weighted by atomic mass is 10.1. The molecule has 0 unspecified atom stereocenters. The summed E-state index contributed by atoms with van der Waals surface area (Å²) in [4.78, 5) is 11.4. The van der Waals surface area contributed by atoms with Gasteiger partial charge < -0.3 is 10.6 Å². The van der Waals surface area contributed by atoms with Gasteiger partial charge in [-0.1, -0.05) is 35.3 Å². The average Bonchev–Trinajstić information content (AvgIpc) is 3.04. The van der Waals surface area contributed by atoms with E-state index in [1.54, 1.807) is 16.8 Å². The lowest BCUT2D eigenvalue weighted by Gasteiger charge is -2.15. The summed E-state index contributed by atoms with van der Waals surface area (Å²) in [5.41, 5.74) is 9.42. The number of fused-ring (bicyclic) bond motifs is 1. The van der Waals surface area contributed by atoms with E-state index in [9.17, 15) is 0 Å². The van der Waals surface area contributed by atoms with Crippen molar-refractivity contribution in [3.63, 3.8) is 0 Å². The van der Waals surface area contributed by atoms with Gasteiger partial charge >= 0.3 is 0 Å². The molecule has 0 aliphatic carbocycles. The van der Waals surface area contributed by atoms with Crippen LogP contribution < -0.4 is 10.6 Å². The monoisotopic (exact) mass is 412 g/mol. The molecule has 142 valence electrons. The van der Waals surface area contributed by atoms with Crippen LogP contribution in [-0.4, -0.2) is 33.3 Å². The van der Waals surface area contributed by atoms with Gasteiger partial charge in [0, 0.05) is 29.2 Å². The standard InChI is InChI=1S/C20H18Cl2N6/c1-3-27(2)20-24-17(12-4-6-13(21)7-5-12)16-18(23)28(26-19(16)25-20)15-10-8-14(22)9-11-15/h4-11H,3,23H2,1-2H3. The van der Waals surface area contributed by atoms with Crippen LogP contribution in [0.2, 0.25) is 10.0 Å². The first-order valence-electron chi connectivity index (χ1n) is 8.77. The van der Waals surface area contributed by atoms with Gasteiger partial charge in [-0.2, -0.15) is 4.98 Å². The minimum absolute atomic E-state index is 0.466. The highest BCUT2D eigenvalue weighted by Crippen LogP contribution is 2.33. The zero-order chi connectivity index (χ0) is 19.8. The van der Waals surface area contributed by atoms with E-state index in [0.29, 0.717) is 32.8 Å². The first kappa shape index (κ1) is 18.5. The van der Waals surface area contributed by atoms with E-state index in [-0.39, 0.29) is 0 Å². The van der Waals surface area contributed by atoms with Crippen LogP contribution in [-0.2, 0) is 0 Å². The molecule has 2 aromatic heterocycles. The number of benzene rings is 2. The van der Waals surface area contributed by atoms with Gasteiger partial charge in [0.25, 0.3) is 0 Å². The molecular weight excluding hydrogens is 395 g/mol. The normalized spacial score (nSPS) is 11.1. The van der Waals surface area contributed by atoms with Crippen molar-refractivity contribution in [3.05, 3.63) is 58.6 Å². The number of nitrogens with two attached hydrogens (primary N) is 1. The SMILES string of the molecule is CCN(C)c1nc(-c2ccc(Cl)cc2)c2c(N)n(-c3ccc(Cl)cc3)nc2n1. The Morgan fingerprint density at radius 3 is 2.18 bits per heavy atom. The lowest BCUT2D eigenvalue weighted by molar-refractivity contribution is 0.885. The van der Waals surface area contributed by atoms with E-state index in [4.69, 9.17) is 33.9 Å². The summed E-state index contributed by atoms with van der Waals surface area (Å²) in [5.74, 6) is 1.05. The molecule has 4 rings (SSSR count). The first-order chi connectivity index (χ1) is 13.5. The first-order valence-corrected chi connectivity index (χ1v) is 9.52. The molecule has 0 aliphatic heterocycles. The Kier molecular flexibility index (Phi) is 4.83. The fraction of sp³-hybridized carbons (Fsp3) is 0.150. The molecule has 0 saturated carbocycles. The third-order valence-corrected chi connectivity index (χ3v) is 5.07. The second kappa shape index (κ2) is 7.30. The van der Waals surface area contributed by atoms with Crippen LogP contribution in [0.4, 0.5) is 11.8 Å². The van der Waals surface area contributed by atoms with Gasteiger partial charge in [-0.3, -0.25) is 0 Å². The minimum atomic E-state index is 0.466. The lowest BCUT2D eigenvalue weighted by Crippen LogP contribution is -2.19. The summed E-state index contributed by atoms with van der Waals surface area (Å²) in [6, 6.07) is 14.8. The van der Waals surface area contributed by atoms with Crippen molar-refractivity contribution in [1.29, 1.82) is 0 Å². The number of aromatic nitrogens is 4. The Balaban J connectivity index is 1.99. The zero-order valence-corrected chi connectivity index (χ0v) is 16.9. The Morgan fingerprint density at radius 2 is 1.57 bits per heavy atom. The van der Waals surface area contributed by atoms with Crippen molar-refractivity contribution in [2.24, 2.45) is 0 Å². The summed E-state index contributed by atoms with van der Waals surface area (Å²) in [6.07, 6.45) is 0. The van der Waals surface area contributed by atoms with Crippen LogP contribution >= 0.6 is 23.2 Å². The maximum Gasteiger partial charge on any atom is 0.227 e. The molecule has 2 N–H and O–H groups in total. The van der Waals surface area contributed by atoms with Gasteiger partial charge in [-0.05, 0) is 43.3 Å². The number of anilines is 2. The van der Waals surface area contributed by atoms with E-state index in [1.807, 2.05) is 55.3 Å². The van der Waals surface area contributed by atoms with Crippen molar-refractivity contribution in [1.82, 2.24) is 19.7 Å².